The fourth-order valence-corrected chi connectivity index (χ4v) is 2.81. The van der Waals surface area contributed by atoms with Gasteiger partial charge in [-0.05, 0) is 43.4 Å². The first kappa shape index (κ1) is 14.9. The molecule has 0 atom stereocenters. The van der Waals surface area contributed by atoms with Crippen molar-refractivity contribution >= 4 is 23.5 Å². The smallest absolute Gasteiger partial charge is 0.306 e. The summed E-state index contributed by atoms with van der Waals surface area (Å²) >= 11 is 5.88. The quantitative estimate of drug-likeness (QED) is 0.897. The van der Waals surface area contributed by atoms with E-state index in [2.05, 4.69) is 5.32 Å². The number of carboxylic acids is 1. The summed E-state index contributed by atoms with van der Waals surface area (Å²) in [7, 11) is 0. The Balaban J connectivity index is 1.80. The highest BCUT2D eigenvalue weighted by atomic mass is 35.5. The molecular formula is C15H18ClNO3. The van der Waals surface area contributed by atoms with Gasteiger partial charge in [-0.25, -0.2) is 0 Å². The second-order valence-corrected chi connectivity index (χ2v) is 5.70. The third kappa shape index (κ3) is 4.23. The molecule has 2 rings (SSSR count). The minimum atomic E-state index is -0.728. The number of nitrogens with one attached hydrogen (secondary N) is 1. The third-order valence-electron chi connectivity index (χ3n) is 3.70. The van der Waals surface area contributed by atoms with Gasteiger partial charge in [0.2, 0.25) is 5.91 Å². The number of rotatable bonds is 4. The molecule has 0 aromatic heterocycles. The molecule has 1 aliphatic rings. The first-order chi connectivity index (χ1) is 9.54. The van der Waals surface area contributed by atoms with Gasteiger partial charge in [-0.3, -0.25) is 9.59 Å². The number of carbonyl (C=O) groups is 2. The minimum Gasteiger partial charge on any atom is -0.481 e. The highest BCUT2D eigenvalue weighted by molar-refractivity contribution is 6.30. The maximum absolute atomic E-state index is 11.9. The first-order valence-corrected chi connectivity index (χ1v) is 7.19. The Kier molecular flexibility index (Phi) is 5.01. The second-order valence-electron chi connectivity index (χ2n) is 5.26. The van der Waals surface area contributed by atoms with Crippen LogP contribution >= 0.6 is 11.6 Å². The zero-order valence-electron chi connectivity index (χ0n) is 11.1. The summed E-state index contributed by atoms with van der Waals surface area (Å²) in [5.41, 5.74) is 0.884. The molecule has 1 aromatic rings. The number of amides is 1. The van der Waals surface area contributed by atoms with Crippen molar-refractivity contribution in [1.82, 2.24) is 5.32 Å². The molecule has 0 heterocycles. The SMILES string of the molecule is O=C(Cc1cccc(Cl)c1)NC1CCC(C(=O)O)CC1. The van der Waals surface area contributed by atoms with E-state index in [0.29, 0.717) is 24.3 Å². The van der Waals surface area contributed by atoms with Crippen LogP contribution in [-0.4, -0.2) is 23.0 Å². The van der Waals surface area contributed by atoms with Gasteiger partial charge in [-0.1, -0.05) is 23.7 Å². The largest absolute Gasteiger partial charge is 0.481 e. The molecular weight excluding hydrogens is 278 g/mol. The van der Waals surface area contributed by atoms with E-state index >= 15 is 0 Å². The van der Waals surface area contributed by atoms with E-state index in [1.165, 1.54) is 0 Å². The number of halogens is 1. The average molecular weight is 296 g/mol. The Morgan fingerprint density at radius 2 is 1.95 bits per heavy atom. The summed E-state index contributed by atoms with van der Waals surface area (Å²) in [5, 5.41) is 12.5. The predicted octanol–water partition coefficient (Wildman–Crippen LogP) is 2.64. The zero-order chi connectivity index (χ0) is 14.5. The fraction of sp³-hybridized carbons (Fsp3) is 0.467. The van der Waals surface area contributed by atoms with E-state index in [4.69, 9.17) is 16.7 Å². The second kappa shape index (κ2) is 6.75. The molecule has 0 bridgehead atoms. The van der Waals surface area contributed by atoms with Gasteiger partial charge >= 0.3 is 5.97 Å². The number of hydrogen-bond acceptors (Lipinski definition) is 2. The van der Waals surface area contributed by atoms with Gasteiger partial charge < -0.3 is 10.4 Å². The number of benzene rings is 1. The molecule has 4 nitrogen and oxygen atoms in total. The van der Waals surface area contributed by atoms with Gasteiger partial charge in [0.05, 0.1) is 12.3 Å². The lowest BCUT2D eigenvalue weighted by Gasteiger charge is -2.26. The molecule has 5 heteroatoms. The minimum absolute atomic E-state index is 0.0361. The van der Waals surface area contributed by atoms with Crippen molar-refractivity contribution in [2.45, 2.75) is 38.1 Å². The molecule has 1 saturated carbocycles. The van der Waals surface area contributed by atoms with Gasteiger partial charge in [-0.15, -0.1) is 0 Å². The van der Waals surface area contributed by atoms with E-state index in [1.807, 2.05) is 12.1 Å². The van der Waals surface area contributed by atoms with Crippen LogP contribution < -0.4 is 5.32 Å². The lowest BCUT2D eigenvalue weighted by atomic mass is 9.86. The normalized spacial score (nSPS) is 22.2. The highest BCUT2D eigenvalue weighted by Gasteiger charge is 2.26. The molecule has 0 radical (unpaired) electrons. The number of carbonyl (C=O) groups excluding carboxylic acids is 1. The maximum Gasteiger partial charge on any atom is 0.306 e. The number of carboxylic acid groups (broad SMARTS) is 1. The van der Waals surface area contributed by atoms with E-state index < -0.39 is 5.97 Å². The van der Waals surface area contributed by atoms with Crippen LogP contribution in [0, 0.1) is 5.92 Å². The summed E-state index contributed by atoms with van der Waals surface area (Å²) in [5.74, 6) is -1.02. The van der Waals surface area contributed by atoms with Crippen molar-refractivity contribution < 1.29 is 14.7 Å². The Hall–Kier alpha value is -1.55. The van der Waals surface area contributed by atoms with Crippen LogP contribution in [0.25, 0.3) is 0 Å². The molecule has 1 aliphatic carbocycles. The van der Waals surface area contributed by atoms with Crippen molar-refractivity contribution in [2.24, 2.45) is 5.92 Å². The monoisotopic (exact) mass is 295 g/mol. The van der Waals surface area contributed by atoms with Crippen molar-refractivity contribution in [3.05, 3.63) is 34.9 Å². The molecule has 0 saturated heterocycles. The molecule has 20 heavy (non-hydrogen) atoms. The molecule has 0 aliphatic heterocycles. The van der Waals surface area contributed by atoms with Crippen molar-refractivity contribution in [1.29, 1.82) is 0 Å². The van der Waals surface area contributed by atoms with Crippen LogP contribution in [0.15, 0.2) is 24.3 Å². The lowest BCUT2D eigenvalue weighted by molar-refractivity contribution is -0.142. The summed E-state index contributed by atoms with van der Waals surface area (Å²) < 4.78 is 0. The van der Waals surface area contributed by atoms with Crippen LogP contribution in [0.1, 0.15) is 31.2 Å². The Morgan fingerprint density at radius 3 is 2.55 bits per heavy atom. The average Bonchev–Trinajstić information content (AvgIpc) is 2.39. The fourth-order valence-electron chi connectivity index (χ4n) is 2.60. The van der Waals surface area contributed by atoms with E-state index in [0.717, 1.165) is 18.4 Å². The topological polar surface area (TPSA) is 66.4 Å². The van der Waals surface area contributed by atoms with E-state index in [9.17, 15) is 9.59 Å². The number of hydrogen-bond donors (Lipinski definition) is 2. The Bertz CT molecular complexity index is 496. The molecule has 1 amide bonds. The number of aliphatic carboxylic acids is 1. The molecule has 1 aromatic carbocycles. The summed E-state index contributed by atoms with van der Waals surface area (Å²) in [6.07, 6.45) is 3.05. The van der Waals surface area contributed by atoms with Crippen LogP contribution in [0.3, 0.4) is 0 Å². The van der Waals surface area contributed by atoms with Crippen molar-refractivity contribution in [2.75, 3.05) is 0 Å². The predicted molar refractivity (Wildman–Crippen MR) is 76.7 cm³/mol. The van der Waals surface area contributed by atoms with E-state index in [1.54, 1.807) is 12.1 Å². The van der Waals surface area contributed by atoms with Gasteiger partial charge in [0.15, 0.2) is 0 Å². The van der Waals surface area contributed by atoms with Crippen LogP contribution in [0.5, 0.6) is 0 Å². The van der Waals surface area contributed by atoms with Gasteiger partial charge in [0, 0.05) is 11.1 Å². The third-order valence-corrected chi connectivity index (χ3v) is 3.93. The van der Waals surface area contributed by atoms with Gasteiger partial charge in [0.25, 0.3) is 0 Å². The zero-order valence-corrected chi connectivity index (χ0v) is 11.9. The van der Waals surface area contributed by atoms with Crippen molar-refractivity contribution in [3.63, 3.8) is 0 Å². The molecule has 108 valence electrons. The molecule has 0 spiro atoms. The lowest BCUT2D eigenvalue weighted by Crippen LogP contribution is -2.39. The standard InChI is InChI=1S/C15H18ClNO3/c16-12-3-1-2-10(8-12)9-14(18)17-13-6-4-11(5-7-13)15(19)20/h1-3,8,11,13H,4-7,9H2,(H,17,18)(H,19,20). The highest BCUT2D eigenvalue weighted by Crippen LogP contribution is 2.24. The van der Waals surface area contributed by atoms with Crippen LogP contribution in [-0.2, 0) is 16.0 Å². The first-order valence-electron chi connectivity index (χ1n) is 6.81. The van der Waals surface area contributed by atoms with Gasteiger partial charge in [0.1, 0.15) is 0 Å². The molecule has 2 N–H and O–H groups in total. The van der Waals surface area contributed by atoms with Gasteiger partial charge in [-0.2, -0.15) is 0 Å². The maximum atomic E-state index is 11.9. The summed E-state index contributed by atoms with van der Waals surface area (Å²) in [6.45, 7) is 0. The van der Waals surface area contributed by atoms with Crippen LogP contribution in [0.4, 0.5) is 0 Å². The summed E-state index contributed by atoms with van der Waals surface area (Å²) in [4.78, 5) is 22.8. The van der Waals surface area contributed by atoms with Crippen molar-refractivity contribution in [3.8, 4) is 0 Å². The van der Waals surface area contributed by atoms with Crippen LogP contribution in [0.2, 0.25) is 5.02 Å². The molecule has 0 unspecified atom stereocenters. The Morgan fingerprint density at radius 1 is 1.25 bits per heavy atom. The van der Waals surface area contributed by atoms with E-state index in [-0.39, 0.29) is 17.9 Å². The molecule has 1 fully saturated rings. The summed E-state index contributed by atoms with van der Waals surface area (Å²) in [6, 6.07) is 7.34. The Labute approximate surface area is 123 Å².